The summed E-state index contributed by atoms with van der Waals surface area (Å²) < 4.78 is 50.8. The number of nitrogens with one attached hydrogen (secondary N) is 2. The normalized spacial score (nSPS) is 25.5. The Bertz CT molecular complexity index is 787. The van der Waals surface area contributed by atoms with Crippen molar-refractivity contribution in [2.24, 2.45) is 0 Å². The van der Waals surface area contributed by atoms with Crippen LogP contribution in [0.25, 0.3) is 0 Å². The summed E-state index contributed by atoms with van der Waals surface area (Å²) in [6, 6.07) is 7.37. The van der Waals surface area contributed by atoms with Crippen LogP contribution in [-0.2, 0) is 18.8 Å². The van der Waals surface area contributed by atoms with E-state index in [1.807, 2.05) is 6.07 Å². The van der Waals surface area contributed by atoms with E-state index in [-0.39, 0.29) is 13.2 Å². The summed E-state index contributed by atoms with van der Waals surface area (Å²) in [6.45, 7) is 3.44. The van der Waals surface area contributed by atoms with Gasteiger partial charge in [-0.3, -0.25) is 9.69 Å². The molecule has 2 saturated heterocycles. The van der Waals surface area contributed by atoms with Crippen LogP contribution in [0.4, 0.5) is 13.6 Å². The number of benzene rings is 1. The summed E-state index contributed by atoms with van der Waals surface area (Å²) in [5, 5.41) is 5.21. The van der Waals surface area contributed by atoms with Crippen molar-refractivity contribution in [1.29, 1.82) is 0 Å². The Morgan fingerprint density at radius 3 is 2.77 bits per heavy atom. The minimum absolute atomic E-state index is 0.238. The summed E-state index contributed by atoms with van der Waals surface area (Å²) >= 11 is 0. The van der Waals surface area contributed by atoms with E-state index in [4.69, 9.17) is 18.5 Å². The van der Waals surface area contributed by atoms with Gasteiger partial charge in [0.25, 0.3) is 5.92 Å². The van der Waals surface area contributed by atoms with Crippen LogP contribution in [0, 0.1) is 0 Å². The van der Waals surface area contributed by atoms with Gasteiger partial charge in [-0.05, 0) is 12.1 Å². The molecule has 3 rings (SSSR count). The van der Waals surface area contributed by atoms with Gasteiger partial charge in [0.15, 0.2) is 0 Å². The van der Waals surface area contributed by atoms with Crippen LogP contribution < -0.4 is 14.9 Å². The van der Waals surface area contributed by atoms with Gasteiger partial charge in [-0.25, -0.2) is 18.7 Å². The van der Waals surface area contributed by atoms with E-state index >= 15 is 0 Å². The van der Waals surface area contributed by atoms with E-state index in [0.717, 1.165) is 6.20 Å². The van der Waals surface area contributed by atoms with E-state index in [9.17, 15) is 18.4 Å². The van der Waals surface area contributed by atoms with Crippen molar-refractivity contribution in [2.45, 2.75) is 37.1 Å². The van der Waals surface area contributed by atoms with Gasteiger partial charge in [-0.1, -0.05) is 24.8 Å². The van der Waals surface area contributed by atoms with Crippen molar-refractivity contribution in [3.05, 3.63) is 43.1 Å². The van der Waals surface area contributed by atoms with E-state index in [1.165, 1.54) is 7.05 Å². The Hall–Kier alpha value is -2.33. The second-order valence-corrected chi connectivity index (χ2v) is 8.03. The molecule has 2 fully saturated rings. The van der Waals surface area contributed by atoms with Gasteiger partial charge in [-0.15, -0.1) is 0 Å². The fourth-order valence-electron chi connectivity index (χ4n) is 3.07. The predicted molar refractivity (Wildman–Crippen MR) is 107 cm³/mol. The number of carbonyl (C=O) groups is 2. The molecule has 170 valence electrons. The highest BCUT2D eigenvalue weighted by Gasteiger charge is 2.54. The van der Waals surface area contributed by atoms with Crippen molar-refractivity contribution in [1.82, 2.24) is 15.3 Å². The molecule has 0 aromatic heterocycles. The standard InChI is InChI=1S/C19H24F2N3O6P/c1-3-24(18(26)22-2)17-19(20,21)11-14(29-17)12-28-31(23-15-9-10-27-16(15)25)30-13-7-5-4-6-8-13/h3-8,14-15,17,23H,1,9-12H2,2H3,(H,22,26). The van der Waals surface area contributed by atoms with Crippen LogP contribution in [0.3, 0.4) is 0 Å². The fraction of sp³-hybridized carbons (Fsp3) is 0.474. The van der Waals surface area contributed by atoms with Crippen molar-refractivity contribution in [3.8, 4) is 5.75 Å². The number of halogens is 2. The Morgan fingerprint density at radius 2 is 2.16 bits per heavy atom. The number of hydrogen-bond acceptors (Lipinski definition) is 7. The van der Waals surface area contributed by atoms with Gasteiger partial charge >= 0.3 is 20.5 Å². The van der Waals surface area contributed by atoms with Crippen LogP contribution in [0.5, 0.6) is 5.75 Å². The molecule has 2 heterocycles. The topological polar surface area (TPSA) is 98.4 Å². The first-order chi connectivity index (χ1) is 14.8. The molecular formula is C19H24F2N3O6P. The predicted octanol–water partition coefficient (Wildman–Crippen LogP) is 2.75. The fourth-order valence-corrected chi connectivity index (χ4v) is 4.36. The number of carbonyl (C=O) groups excluding carboxylic acids is 2. The summed E-state index contributed by atoms with van der Waals surface area (Å²) in [7, 11) is -0.539. The number of ether oxygens (including phenoxy) is 2. The first-order valence-electron chi connectivity index (χ1n) is 9.59. The van der Waals surface area contributed by atoms with E-state index < -0.39 is 51.2 Å². The Kier molecular flexibility index (Phi) is 7.77. The quantitative estimate of drug-likeness (QED) is 0.433. The molecule has 9 nitrogen and oxygen atoms in total. The van der Waals surface area contributed by atoms with Crippen molar-refractivity contribution in [3.63, 3.8) is 0 Å². The third-order valence-corrected chi connectivity index (χ3v) is 5.87. The van der Waals surface area contributed by atoms with Crippen LogP contribution >= 0.6 is 8.53 Å². The van der Waals surface area contributed by atoms with Gasteiger partial charge < -0.3 is 23.8 Å². The molecule has 12 heteroatoms. The summed E-state index contributed by atoms with van der Waals surface area (Å²) in [4.78, 5) is 24.3. The molecule has 0 bridgehead atoms. The average molecular weight is 459 g/mol. The number of para-hydroxylation sites is 1. The molecule has 0 saturated carbocycles. The number of nitrogens with zero attached hydrogens (tertiary/aromatic N) is 1. The zero-order chi connectivity index (χ0) is 22.4. The van der Waals surface area contributed by atoms with Crippen LogP contribution in [0.1, 0.15) is 12.8 Å². The second-order valence-electron chi connectivity index (χ2n) is 6.82. The summed E-state index contributed by atoms with van der Waals surface area (Å²) in [5.41, 5.74) is 0. The monoisotopic (exact) mass is 459 g/mol. The molecule has 2 aliphatic rings. The maximum absolute atomic E-state index is 14.5. The van der Waals surface area contributed by atoms with Crippen LogP contribution in [-0.4, -0.2) is 61.5 Å². The average Bonchev–Trinajstić information content (AvgIpc) is 3.29. The molecule has 0 spiro atoms. The summed E-state index contributed by atoms with van der Waals surface area (Å²) in [5.74, 6) is -3.25. The van der Waals surface area contributed by atoms with E-state index in [1.54, 1.807) is 24.3 Å². The highest BCUT2D eigenvalue weighted by molar-refractivity contribution is 7.45. The zero-order valence-electron chi connectivity index (χ0n) is 16.8. The van der Waals surface area contributed by atoms with Gasteiger partial charge in [0.05, 0.1) is 19.3 Å². The highest BCUT2D eigenvalue weighted by Crippen LogP contribution is 2.41. The van der Waals surface area contributed by atoms with Crippen LogP contribution in [0.2, 0.25) is 0 Å². The Labute approximate surface area is 179 Å². The van der Waals surface area contributed by atoms with Gasteiger partial charge in [0.1, 0.15) is 11.8 Å². The first kappa shape index (κ1) is 23.3. The summed E-state index contributed by atoms with van der Waals surface area (Å²) in [6.07, 6.45) is -2.04. The molecule has 1 aromatic carbocycles. The number of urea groups is 1. The molecular weight excluding hydrogens is 435 g/mol. The maximum atomic E-state index is 14.5. The van der Waals surface area contributed by atoms with Crippen molar-refractivity contribution < 1.29 is 36.9 Å². The third kappa shape index (κ3) is 5.88. The highest BCUT2D eigenvalue weighted by atomic mass is 31.2. The second kappa shape index (κ2) is 10.3. The van der Waals surface area contributed by atoms with Crippen LogP contribution in [0.15, 0.2) is 43.1 Å². The molecule has 2 aliphatic heterocycles. The molecule has 31 heavy (non-hydrogen) atoms. The lowest BCUT2D eigenvalue weighted by atomic mass is 10.2. The van der Waals surface area contributed by atoms with Crippen molar-refractivity contribution >= 4 is 20.5 Å². The number of cyclic esters (lactones) is 1. The number of alkyl halides is 2. The third-order valence-electron chi connectivity index (χ3n) is 4.59. The lowest BCUT2D eigenvalue weighted by molar-refractivity contribution is -0.139. The molecule has 2 N–H and O–H groups in total. The smallest absolute Gasteiger partial charge is 0.323 e. The minimum atomic E-state index is -3.31. The van der Waals surface area contributed by atoms with E-state index in [0.29, 0.717) is 17.1 Å². The van der Waals surface area contributed by atoms with E-state index in [2.05, 4.69) is 17.0 Å². The Balaban J connectivity index is 1.64. The van der Waals surface area contributed by atoms with Gasteiger partial charge in [-0.2, -0.15) is 0 Å². The minimum Gasteiger partial charge on any atom is -0.464 e. The number of hydrogen-bond donors (Lipinski definition) is 2. The molecule has 0 radical (unpaired) electrons. The Morgan fingerprint density at radius 1 is 1.42 bits per heavy atom. The number of rotatable bonds is 9. The molecule has 1 aromatic rings. The molecule has 4 atom stereocenters. The largest absolute Gasteiger partial charge is 0.464 e. The SMILES string of the molecule is C=CN(C(=O)NC)C1OC(COP(NC2CCOC2=O)Oc2ccccc2)CC1(F)F. The lowest BCUT2D eigenvalue weighted by Crippen LogP contribution is -2.48. The first-order valence-corrected chi connectivity index (χ1v) is 10.8. The van der Waals surface area contributed by atoms with Gasteiger partial charge in [0, 0.05) is 26.1 Å². The van der Waals surface area contributed by atoms with Gasteiger partial charge in [0.2, 0.25) is 6.23 Å². The number of esters is 1. The molecule has 0 aliphatic carbocycles. The zero-order valence-corrected chi connectivity index (χ0v) is 17.7. The van der Waals surface area contributed by atoms with Crippen molar-refractivity contribution in [2.75, 3.05) is 20.3 Å². The molecule has 2 amide bonds. The number of amides is 2. The molecule has 4 unspecified atom stereocenters. The lowest BCUT2D eigenvalue weighted by Gasteiger charge is -2.28. The maximum Gasteiger partial charge on any atom is 0.323 e.